The number of pyridine rings is 1. The number of carbonyl (C=O) groups is 1. The number of alkyl halides is 3. The molecule has 1 aromatic heterocycles. The van der Waals surface area contributed by atoms with E-state index in [1.165, 1.54) is 24.2 Å². The molecule has 144 valence electrons. The summed E-state index contributed by atoms with van der Waals surface area (Å²) in [6.45, 7) is 4.64. The highest BCUT2D eigenvalue weighted by Crippen LogP contribution is 2.30. The molecular formula is C19H20F3N3O2. The smallest absolute Gasteiger partial charge is 0.475 e. The van der Waals surface area contributed by atoms with Crippen molar-refractivity contribution in [1.82, 2.24) is 10.3 Å². The van der Waals surface area contributed by atoms with Gasteiger partial charge in [0.1, 0.15) is 5.82 Å². The van der Waals surface area contributed by atoms with Crippen molar-refractivity contribution in [3.8, 4) is 11.1 Å². The predicted molar refractivity (Wildman–Crippen MR) is 95.4 cm³/mol. The Morgan fingerprint density at radius 3 is 2.11 bits per heavy atom. The quantitative estimate of drug-likeness (QED) is 0.840. The predicted octanol–water partition coefficient (Wildman–Crippen LogP) is 3.04. The number of benzene rings is 1. The molecule has 0 amide bonds. The molecule has 2 saturated heterocycles. The minimum absolute atomic E-state index is 0.811. The van der Waals surface area contributed by atoms with Crippen LogP contribution < -0.4 is 10.2 Å². The molecule has 2 N–H and O–H groups in total. The van der Waals surface area contributed by atoms with Gasteiger partial charge in [-0.05, 0) is 29.5 Å². The van der Waals surface area contributed by atoms with E-state index < -0.39 is 12.1 Å². The van der Waals surface area contributed by atoms with Gasteiger partial charge in [0.15, 0.2) is 0 Å². The summed E-state index contributed by atoms with van der Waals surface area (Å²) in [5.74, 6) is -0.0113. The lowest BCUT2D eigenvalue weighted by atomic mass is 10.0. The van der Waals surface area contributed by atoms with Gasteiger partial charge in [-0.25, -0.2) is 9.78 Å². The van der Waals surface area contributed by atoms with Crippen LogP contribution >= 0.6 is 0 Å². The van der Waals surface area contributed by atoms with E-state index in [9.17, 15) is 13.2 Å². The van der Waals surface area contributed by atoms with E-state index in [-0.39, 0.29) is 0 Å². The number of hydrogen-bond acceptors (Lipinski definition) is 4. The molecule has 0 saturated carbocycles. The average Bonchev–Trinajstić information content (AvgIpc) is 3.24. The fraction of sp³-hybridized carbons (Fsp3) is 0.368. The van der Waals surface area contributed by atoms with Crippen molar-refractivity contribution in [2.75, 3.05) is 31.1 Å². The van der Waals surface area contributed by atoms with Crippen molar-refractivity contribution < 1.29 is 23.1 Å². The van der Waals surface area contributed by atoms with Crippen molar-refractivity contribution in [2.45, 2.75) is 6.18 Å². The van der Waals surface area contributed by atoms with Crippen LogP contribution in [-0.4, -0.2) is 48.4 Å². The molecule has 27 heavy (non-hydrogen) atoms. The summed E-state index contributed by atoms with van der Waals surface area (Å²) in [5.41, 5.74) is 2.42. The Bertz CT molecular complexity index is 754. The van der Waals surface area contributed by atoms with Gasteiger partial charge in [-0.15, -0.1) is 0 Å². The van der Waals surface area contributed by atoms with Crippen LogP contribution in [0.1, 0.15) is 0 Å². The number of carboxylic acid groups (broad SMARTS) is 1. The highest BCUT2D eigenvalue weighted by atomic mass is 19.4. The highest BCUT2D eigenvalue weighted by Gasteiger charge is 2.38. The Morgan fingerprint density at radius 1 is 1.04 bits per heavy atom. The van der Waals surface area contributed by atoms with E-state index in [0.717, 1.165) is 30.7 Å². The largest absolute Gasteiger partial charge is 0.490 e. The fourth-order valence-electron chi connectivity index (χ4n) is 3.42. The lowest BCUT2D eigenvalue weighted by molar-refractivity contribution is -0.192. The first-order valence-corrected chi connectivity index (χ1v) is 8.62. The topological polar surface area (TPSA) is 65.5 Å². The number of fused-ring (bicyclic) bond motifs is 1. The number of rotatable bonds is 2. The standard InChI is InChI=1S/C17H19N3.C2HF3O2/c1-2-4-13(5-3-1)14-6-7-17(19-10-14)20-11-15-8-18-9-16(15)12-20;3-2(4,5)1(6)7/h1-7,10,15-16,18H,8-9,11-12H2;(H,6,7). The molecule has 3 heterocycles. The minimum Gasteiger partial charge on any atom is -0.475 e. The first kappa shape index (κ1) is 19.2. The SMILES string of the molecule is O=C(O)C(F)(F)F.c1ccc(-c2ccc(N3CC4CNCC4C3)nc2)cc1. The van der Waals surface area contributed by atoms with Crippen LogP contribution in [0.25, 0.3) is 11.1 Å². The Morgan fingerprint density at radius 2 is 1.63 bits per heavy atom. The Kier molecular flexibility index (Phi) is 5.65. The summed E-state index contributed by atoms with van der Waals surface area (Å²) in [6, 6.07) is 14.8. The number of halogens is 3. The Balaban J connectivity index is 0.000000260. The zero-order valence-electron chi connectivity index (χ0n) is 14.5. The number of nitrogens with zero attached hydrogens (tertiary/aromatic N) is 2. The minimum atomic E-state index is -5.08. The lowest BCUT2D eigenvalue weighted by Gasteiger charge is -2.18. The first-order valence-electron chi connectivity index (χ1n) is 8.62. The van der Waals surface area contributed by atoms with Crippen molar-refractivity contribution in [3.05, 3.63) is 48.7 Å². The normalized spacial score (nSPS) is 21.4. The van der Waals surface area contributed by atoms with Crippen molar-refractivity contribution >= 4 is 11.8 Å². The van der Waals surface area contributed by atoms with Gasteiger partial charge < -0.3 is 15.3 Å². The monoisotopic (exact) mass is 379 g/mol. The van der Waals surface area contributed by atoms with Crippen LogP contribution in [0, 0.1) is 11.8 Å². The first-order chi connectivity index (χ1) is 12.8. The molecule has 0 aliphatic carbocycles. The molecule has 1 aromatic carbocycles. The van der Waals surface area contributed by atoms with Gasteiger partial charge in [-0.1, -0.05) is 30.3 Å². The molecule has 4 rings (SSSR count). The molecule has 0 spiro atoms. The second-order valence-electron chi connectivity index (χ2n) is 6.66. The van der Waals surface area contributed by atoms with Crippen LogP contribution in [0.2, 0.25) is 0 Å². The second-order valence-corrected chi connectivity index (χ2v) is 6.66. The molecular weight excluding hydrogens is 359 g/mol. The summed E-state index contributed by atoms with van der Waals surface area (Å²) in [4.78, 5) is 16.0. The summed E-state index contributed by atoms with van der Waals surface area (Å²) in [7, 11) is 0. The maximum absolute atomic E-state index is 10.6. The summed E-state index contributed by atoms with van der Waals surface area (Å²) in [6.07, 6.45) is -3.09. The van der Waals surface area contributed by atoms with E-state index >= 15 is 0 Å². The number of aliphatic carboxylic acids is 1. The Labute approximate surface area is 154 Å². The lowest BCUT2D eigenvalue weighted by Crippen LogP contribution is -2.26. The molecule has 2 aliphatic rings. The molecule has 0 bridgehead atoms. The van der Waals surface area contributed by atoms with Crippen LogP contribution in [0.3, 0.4) is 0 Å². The van der Waals surface area contributed by atoms with Gasteiger partial charge in [0.2, 0.25) is 0 Å². The van der Waals surface area contributed by atoms with E-state index in [4.69, 9.17) is 9.90 Å². The van der Waals surface area contributed by atoms with E-state index in [1.807, 2.05) is 12.3 Å². The van der Waals surface area contributed by atoms with Crippen LogP contribution in [0.15, 0.2) is 48.7 Å². The third-order valence-corrected chi connectivity index (χ3v) is 4.81. The van der Waals surface area contributed by atoms with Gasteiger partial charge >= 0.3 is 12.1 Å². The number of aromatic nitrogens is 1. The van der Waals surface area contributed by atoms with E-state index in [0.29, 0.717) is 0 Å². The number of hydrogen-bond donors (Lipinski definition) is 2. The molecule has 8 heteroatoms. The van der Waals surface area contributed by atoms with Crippen LogP contribution in [0.5, 0.6) is 0 Å². The van der Waals surface area contributed by atoms with Gasteiger partial charge in [0.25, 0.3) is 0 Å². The maximum atomic E-state index is 10.6. The summed E-state index contributed by atoms with van der Waals surface area (Å²) in [5, 5.41) is 10.6. The van der Waals surface area contributed by atoms with Crippen LogP contribution in [-0.2, 0) is 4.79 Å². The fourth-order valence-corrected chi connectivity index (χ4v) is 3.42. The molecule has 5 nitrogen and oxygen atoms in total. The molecule has 2 aromatic rings. The highest BCUT2D eigenvalue weighted by molar-refractivity contribution is 5.73. The zero-order chi connectivity index (χ0) is 19.4. The van der Waals surface area contributed by atoms with Gasteiger partial charge in [0, 0.05) is 37.9 Å². The molecule has 2 aliphatic heterocycles. The second kappa shape index (κ2) is 7.96. The zero-order valence-corrected chi connectivity index (χ0v) is 14.5. The van der Waals surface area contributed by atoms with Crippen molar-refractivity contribution in [3.63, 3.8) is 0 Å². The van der Waals surface area contributed by atoms with E-state index in [1.54, 1.807) is 0 Å². The number of carboxylic acids is 1. The van der Waals surface area contributed by atoms with Gasteiger partial charge in [-0.3, -0.25) is 0 Å². The van der Waals surface area contributed by atoms with Gasteiger partial charge in [0.05, 0.1) is 0 Å². The maximum Gasteiger partial charge on any atom is 0.490 e. The third-order valence-electron chi connectivity index (χ3n) is 4.81. The third kappa shape index (κ3) is 4.77. The van der Waals surface area contributed by atoms with Crippen LogP contribution in [0.4, 0.5) is 19.0 Å². The average molecular weight is 379 g/mol. The number of nitrogens with one attached hydrogen (secondary N) is 1. The number of anilines is 1. The molecule has 0 radical (unpaired) electrons. The van der Waals surface area contributed by atoms with Gasteiger partial charge in [-0.2, -0.15) is 13.2 Å². The summed E-state index contributed by atoms with van der Waals surface area (Å²) >= 11 is 0. The Hall–Kier alpha value is -2.61. The van der Waals surface area contributed by atoms with Crippen molar-refractivity contribution in [1.29, 1.82) is 0 Å². The summed E-state index contributed by atoms with van der Waals surface area (Å²) < 4.78 is 31.7. The molecule has 2 fully saturated rings. The van der Waals surface area contributed by atoms with Crippen molar-refractivity contribution in [2.24, 2.45) is 11.8 Å². The van der Waals surface area contributed by atoms with E-state index in [2.05, 4.69) is 51.6 Å². The molecule has 2 unspecified atom stereocenters. The molecule has 2 atom stereocenters.